The largest absolute Gasteiger partial charge is 0.0913 e. The first-order valence-electron chi connectivity index (χ1n) is 4.02. The molecule has 0 spiro atoms. The molecule has 1 aromatic rings. The lowest BCUT2D eigenvalue weighted by Gasteiger charge is -2.02. The highest BCUT2D eigenvalue weighted by molar-refractivity contribution is 6.31. The molecule has 1 rings (SSSR count). The Labute approximate surface area is 78.9 Å². The molecular formula is C11H12Cl. The standard InChI is InChI=1S/C11H12Cl/c1-3-4-6-10-7-5-8-11(12)9(10)2/h3-5,8H,6H2,1-2H3. The topological polar surface area (TPSA) is 0 Å². The van der Waals surface area contributed by atoms with Gasteiger partial charge in [0, 0.05) is 5.02 Å². The average molecular weight is 180 g/mol. The van der Waals surface area contributed by atoms with E-state index in [1.807, 2.05) is 32.1 Å². The highest BCUT2D eigenvalue weighted by atomic mass is 35.5. The summed E-state index contributed by atoms with van der Waals surface area (Å²) in [5, 5.41) is 0.827. The van der Waals surface area contributed by atoms with Gasteiger partial charge in [0.15, 0.2) is 0 Å². The van der Waals surface area contributed by atoms with E-state index in [2.05, 4.69) is 12.1 Å². The van der Waals surface area contributed by atoms with Crippen LogP contribution in [0.3, 0.4) is 0 Å². The Morgan fingerprint density at radius 2 is 2.33 bits per heavy atom. The molecule has 0 N–H and O–H groups in total. The molecule has 0 amide bonds. The monoisotopic (exact) mass is 179 g/mol. The van der Waals surface area contributed by atoms with Gasteiger partial charge in [-0.2, -0.15) is 0 Å². The van der Waals surface area contributed by atoms with Crippen molar-refractivity contribution in [2.75, 3.05) is 0 Å². The minimum Gasteiger partial charge on any atom is -0.0913 e. The van der Waals surface area contributed by atoms with E-state index in [1.54, 1.807) is 0 Å². The van der Waals surface area contributed by atoms with Crippen LogP contribution < -0.4 is 0 Å². The van der Waals surface area contributed by atoms with Gasteiger partial charge in [0.2, 0.25) is 0 Å². The van der Waals surface area contributed by atoms with Gasteiger partial charge in [-0.25, -0.2) is 0 Å². The highest BCUT2D eigenvalue weighted by Crippen LogP contribution is 2.18. The van der Waals surface area contributed by atoms with Gasteiger partial charge >= 0.3 is 0 Å². The Balaban J connectivity index is 2.92. The molecule has 0 aliphatic carbocycles. The molecule has 0 unspecified atom stereocenters. The number of benzene rings is 1. The van der Waals surface area contributed by atoms with Crippen LogP contribution in [-0.4, -0.2) is 0 Å². The van der Waals surface area contributed by atoms with E-state index in [0.29, 0.717) is 0 Å². The molecule has 0 fully saturated rings. The maximum atomic E-state index is 5.95. The van der Waals surface area contributed by atoms with Crippen molar-refractivity contribution in [3.63, 3.8) is 0 Å². The van der Waals surface area contributed by atoms with E-state index in [-0.39, 0.29) is 0 Å². The van der Waals surface area contributed by atoms with Gasteiger partial charge < -0.3 is 0 Å². The summed E-state index contributed by atoms with van der Waals surface area (Å²) < 4.78 is 0. The molecule has 0 atom stereocenters. The third-order valence-corrected chi connectivity index (χ3v) is 2.27. The summed E-state index contributed by atoms with van der Waals surface area (Å²) in [6.07, 6.45) is 5.06. The number of halogens is 1. The van der Waals surface area contributed by atoms with Gasteiger partial charge in [0.05, 0.1) is 0 Å². The molecule has 0 saturated carbocycles. The van der Waals surface area contributed by atoms with Crippen LogP contribution in [-0.2, 0) is 6.42 Å². The Bertz CT molecular complexity index is 287. The Kier molecular flexibility index (Phi) is 3.36. The van der Waals surface area contributed by atoms with Crippen molar-refractivity contribution in [2.24, 2.45) is 0 Å². The maximum Gasteiger partial charge on any atom is 0.0438 e. The zero-order valence-electron chi connectivity index (χ0n) is 7.39. The fourth-order valence-corrected chi connectivity index (χ4v) is 1.22. The van der Waals surface area contributed by atoms with Gasteiger partial charge in [-0.15, -0.1) is 0 Å². The number of rotatable bonds is 2. The quantitative estimate of drug-likeness (QED) is 0.609. The summed E-state index contributed by atoms with van der Waals surface area (Å²) in [7, 11) is 0. The summed E-state index contributed by atoms with van der Waals surface area (Å²) in [6, 6.07) is 6.92. The van der Waals surface area contributed by atoms with E-state index in [1.165, 1.54) is 5.56 Å². The molecule has 63 valence electrons. The van der Waals surface area contributed by atoms with Crippen LogP contribution in [0.5, 0.6) is 0 Å². The zero-order chi connectivity index (χ0) is 8.97. The second kappa shape index (κ2) is 4.32. The highest BCUT2D eigenvalue weighted by Gasteiger charge is 1.99. The number of hydrogen-bond donors (Lipinski definition) is 0. The first-order valence-corrected chi connectivity index (χ1v) is 4.40. The normalized spacial score (nSPS) is 10.9. The fourth-order valence-electron chi connectivity index (χ4n) is 1.04. The molecule has 12 heavy (non-hydrogen) atoms. The van der Waals surface area contributed by atoms with Gasteiger partial charge in [-0.3, -0.25) is 0 Å². The maximum absolute atomic E-state index is 5.95. The second-order valence-corrected chi connectivity index (χ2v) is 3.11. The smallest absolute Gasteiger partial charge is 0.0438 e. The summed E-state index contributed by atoms with van der Waals surface area (Å²) in [4.78, 5) is 0. The van der Waals surface area contributed by atoms with Gasteiger partial charge in [0.1, 0.15) is 0 Å². The summed E-state index contributed by atoms with van der Waals surface area (Å²) in [5.41, 5.74) is 2.32. The van der Waals surface area contributed by atoms with Gasteiger partial charge in [0.25, 0.3) is 0 Å². The molecule has 0 nitrogen and oxygen atoms in total. The molecule has 0 aromatic heterocycles. The van der Waals surface area contributed by atoms with Crippen LogP contribution in [0, 0.1) is 13.0 Å². The summed E-state index contributed by atoms with van der Waals surface area (Å²) in [5.74, 6) is 0. The van der Waals surface area contributed by atoms with E-state index in [9.17, 15) is 0 Å². The molecule has 0 bridgehead atoms. The van der Waals surface area contributed by atoms with Crippen molar-refractivity contribution in [3.8, 4) is 0 Å². The minimum absolute atomic E-state index is 0.827. The fraction of sp³-hybridized carbons (Fsp3) is 0.273. The van der Waals surface area contributed by atoms with Crippen molar-refractivity contribution >= 4 is 11.6 Å². The second-order valence-electron chi connectivity index (χ2n) is 2.70. The lowest BCUT2D eigenvalue weighted by Crippen LogP contribution is -1.87. The van der Waals surface area contributed by atoms with Crippen LogP contribution in [0.4, 0.5) is 0 Å². The SMILES string of the molecule is CC=CCc1[c]ccc(Cl)c1C. The van der Waals surface area contributed by atoms with Crippen LogP contribution >= 0.6 is 11.6 Å². The minimum atomic E-state index is 0.827. The van der Waals surface area contributed by atoms with E-state index in [0.717, 1.165) is 17.0 Å². The molecule has 1 aromatic carbocycles. The van der Waals surface area contributed by atoms with Crippen molar-refractivity contribution in [3.05, 3.63) is 46.5 Å². The Hall–Kier alpha value is -0.750. The van der Waals surface area contributed by atoms with E-state index >= 15 is 0 Å². The molecule has 0 saturated heterocycles. The van der Waals surface area contributed by atoms with Crippen molar-refractivity contribution in [1.29, 1.82) is 0 Å². The van der Waals surface area contributed by atoms with E-state index < -0.39 is 0 Å². The lowest BCUT2D eigenvalue weighted by molar-refractivity contribution is 1.20. The van der Waals surface area contributed by atoms with Crippen molar-refractivity contribution in [2.45, 2.75) is 20.3 Å². The molecular weight excluding hydrogens is 168 g/mol. The predicted octanol–water partition coefficient (Wildman–Crippen LogP) is 3.57. The van der Waals surface area contributed by atoms with Crippen LogP contribution in [0.2, 0.25) is 5.02 Å². The molecule has 1 radical (unpaired) electrons. The average Bonchev–Trinajstić information content (AvgIpc) is 2.08. The molecule has 0 heterocycles. The third kappa shape index (κ3) is 2.12. The summed E-state index contributed by atoms with van der Waals surface area (Å²) >= 11 is 5.95. The van der Waals surface area contributed by atoms with Crippen LogP contribution in [0.1, 0.15) is 18.1 Å². The molecule has 0 aliphatic rings. The van der Waals surface area contributed by atoms with Crippen LogP contribution in [0.25, 0.3) is 0 Å². The third-order valence-electron chi connectivity index (χ3n) is 1.86. The number of allylic oxidation sites excluding steroid dienone is 2. The Morgan fingerprint density at radius 3 is 3.00 bits per heavy atom. The lowest BCUT2D eigenvalue weighted by atomic mass is 10.1. The Morgan fingerprint density at radius 1 is 1.58 bits per heavy atom. The predicted molar refractivity (Wildman–Crippen MR) is 53.5 cm³/mol. The first kappa shape index (κ1) is 9.34. The number of hydrogen-bond acceptors (Lipinski definition) is 0. The summed E-state index contributed by atoms with van der Waals surface area (Å²) in [6.45, 7) is 4.04. The van der Waals surface area contributed by atoms with E-state index in [4.69, 9.17) is 11.6 Å². The van der Waals surface area contributed by atoms with Crippen molar-refractivity contribution < 1.29 is 0 Å². The van der Waals surface area contributed by atoms with Gasteiger partial charge in [-0.1, -0.05) is 29.8 Å². The van der Waals surface area contributed by atoms with Gasteiger partial charge in [-0.05, 0) is 43.5 Å². The zero-order valence-corrected chi connectivity index (χ0v) is 8.15. The van der Waals surface area contributed by atoms with Crippen molar-refractivity contribution in [1.82, 2.24) is 0 Å². The molecule has 1 heteroatoms. The first-order chi connectivity index (χ1) is 5.75. The van der Waals surface area contributed by atoms with Crippen LogP contribution in [0.15, 0.2) is 24.3 Å². The molecule has 0 aliphatic heterocycles.